The molecule has 0 saturated carbocycles. The van der Waals surface area contributed by atoms with Crippen molar-refractivity contribution in [3.05, 3.63) is 81.0 Å². The molecule has 1 N–H and O–H groups in total. The minimum absolute atomic E-state index is 0.113. The van der Waals surface area contributed by atoms with Gasteiger partial charge in [-0.15, -0.1) is 11.3 Å². The maximum atomic E-state index is 13.4. The van der Waals surface area contributed by atoms with Gasteiger partial charge in [-0.05, 0) is 72.3 Å². The third-order valence-electron chi connectivity index (χ3n) is 6.82. The van der Waals surface area contributed by atoms with E-state index in [1.165, 1.54) is 10.9 Å². The smallest absolute Gasteiger partial charge is 0.368 e. The molecule has 0 spiro atoms. The van der Waals surface area contributed by atoms with Gasteiger partial charge in [0.1, 0.15) is 0 Å². The van der Waals surface area contributed by atoms with Gasteiger partial charge in [0.25, 0.3) is 0 Å². The molecule has 1 aromatic heterocycles. The Bertz CT molecular complexity index is 1180. The Balaban J connectivity index is 1.41. The minimum atomic E-state index is -4.42. The van der Waals surface area contributed by atoms with Gasteiger partial charge in [0.15, 0.2) is 0 Å². The van der Waals surface area contributed by atoms with Crippen LogP contribution in [0.3, 0.4) is 0 Å². The quantitative estimate of drug-likeness (QED) is 0.473. The maximum Gasteiger partial charge on any atom is 0.416 e. The Kier molecular flexibility index (Phi) is 6.68. The number of rotatable bonds is 5. The van der Waals surface area contributed by atoms with E-state index in [2.05, 4.69) is 15.1 Å². The van der Waals surface area contributed by atoms with Crippen molar-refractivity contribution in [3.63, 3.8) is 0 Å². The zero-order valence-corrected chi connectivity index (χ0v) is 20.5. The van der Waals surface area contributed by atoms with E-state index in [1.807, 2.05) is 41.8 Å². The number of carbonyl (C=O) groups excluding carboxylic acids is 1. The summed E-state index contributed by atoms with van der Waals surface area (Å²) in [5.74, 6) is -0.568. The number of thiophene rings is 1. The molecule has 9 heteroatoms. The number of nitrogens with zero attached hydrogens (tertiary/aromatic N) is 2. The van der Waals surface area contributed by atoms with Crippen LogP contribution in [0.1, 0.15) is 16.0 Å². The number of amides is 1. The molecule has 4 nitrogen and oxygen atoms in total. The normalized spacial score (nSPS) is 19.8. The second-order valence-corrected chi connectivity index (χ2v) is 10.4. The Morgan fingerprint density at radius 3 is 2.63 bits per heavy atom. The highest BCUT2D eigenvalue weighted by Gasteiger charge is 2.42. The van der Waals surface area contributed by atoms with Gasteiger partial charge in [0, 0.05) is 47.5 Å². The topological polar surface area (TPSA) is 35.6 Å². The lowest BCUT2D eigenvalue weighted by Gasteiger charge is -2.49. The lowest BCUT2D eigenvalue weighted by molar-refractivity contribution is -0.137. The summed E-state index contributed by atoms with van der Waals surface area (Å²) < 4.78 is 40.2. The molecule has 1 amide bonds. The number of hydrogen-bond acceptors (Lipinski definition) is 4. The Hall–Kier alpha value is -2.71. The monoisotopic (exact) mass is 519 g/mol. The number of hydrogen-bond donors (Lipinski definition) is 1. The number of alkyl halides is 3. The van der Waals surface area contributed by atoms with Gasteiger partial charge >= 0.3 is 6.18 Å². The summed E-state index contributed by atoms with van der Waals surface area (Å²) in [6, 6.07) is 15.4. The van der Waals surface area contributed by atoms with Crippen molar-refractivity contribution in [2.75, 3.05) is 36.0 Å². The number of carbonyl (C=O) groups is 1. The lowest BCUT2D eigenvalue weighted by atomic mass is 9.82. The largest absolute Gasteiger partial charge is 0.416 e. The van der Waals surface area contributed by atoms with Gasteiger partial charge in [-0.3, -0.25) is 4.79 Å². The molecule has 0 aliphatic carbocycles. The van der Waals surface area contributed by atoms with Crippen molar-refractivity contribution in [2.45, 2.75) is 25.1 Å². The second-order valence-electron chi connectivity index (χ2n) is 8.96. The predicted molar refractivity (Wildman–Crippen MR) is 134 cm³/mol. The molecule has 5 rings (SSSR count). The summed E-state index contributed by atoms with van der Waals surface area (Å²) in [5, 5.41) is 5.70. The number of benzene rings is 2. The maximum absolute atomic E-state index is 13.4. The zero-order chi connectivity index (χ0) is 24.6. The molecule has 3 heterocycles. The van der Waals surface area contributed by atoms with Crippen LogP contribution >= 0.6 is 22.9 Å². The van der Waals surface area contributed by atoms with Crippen molar-refractivity contribution in [2.24, 2.45) is 5.92 Å². The van der Waals surface area contributed by atoms with Crippen molar-refractivity contribution >= 4 is 40.2 Å². The molecule has 2 aromatic carbocycles. The molecular formula is C26H25ClF3N3OS. The molecule has 2 unspecified atom stereocenters. The zero-order valence-electron chi connectivity index (χ0n) is 18.9. The van der Waals surface area contributed by atoms with Gasteiger partial charge in [0.2, 0.25) is 5.91 Å². The number of piperazine rings is 1. The van der Waals surface area contributed by atoms with Crippen LogP contribution in [0.25, 0.3) is 0 Å². The van der Waals surface area contributed by atoms with E-state index in [4.69, 9.17) is 11.6 Å². The highest BCUT2D eigenvalue weighted by atomic mass is 35.5. The molecule has 1 fully saturated rings. The van der Waals surface area contributed by atoms with Crippen LogP contribution in [-0.4, -0.2) is 38.1 Å². The highest BCUT2D eigenvalue weighted by Crippen LogP contribution is 2.40. The average molecular weight is 520 g/mol. The number of halogens is 4. The van der Waals surface area contributed by atoms with E-state index in [-0.39, 0.29) is 18.4 Å². The van der Waals surface area contributed by atoms with Crippen LogP contribution in [0.15, 0.2) is 60.0 Å². The highest BCUT2D eigenvalue weighted by molar-refractivity contribution is 7.09. The van der Waals surface area contributed by atoms with Crippen LogP contribution in [0, 0.1) is 5.92 Å². The Morgan fingerprint density at radius 1 is 1.11 bits per heavy atom. The first-order valence-electron chi connectivity index (χ1n) is 11.6. The van der Waals surface area contributed by atoms with E-state index in [9.17, 15) is 18.0 Å². The van der Waals surface area contributed by atoms with Gasteiger partial charge in [0.05, 0.1) is 17.5 Å². The van der Waals surface area contributed by atoms with Crippen molar-refractivity contribution in [3.8, 4) is 0 Å². The Labute approximate surface area is 211 Å². The van der Waals surface area contributed by atoms with E-state index in [1.54, 1.807) is 17.4 Å². The first kappa shape index (κ1) is 24.0. The third kappa shape index (κ3) is 5.14. The molecule has 1 saturated heterocycles. The van der Waals surface area contributed by atoms with Crippen molar-refractivity contribution < 1.29 is 18.0 Å². The first-order chi connectivity index (χ1) is 16.8. The number of fused-ring (bicyclic) bond motifs is 3. The minimum Gasteiger partial charge on any atom is -0.368 e. The molecule has 3 aromatic rings. The summed E-state index contributed by atoms with van der Waals surface area (Å²) in [7, 11) is 0. The van der Waals surface area contributed by atoms with E-state index in [0.29, 0.717) is 36.8 Å². The van der Waals surface area contributed by atoms with Gasteiger partial charge < -0.3 is 15.1 Å². The molecule has 2 aliphatic rings. The summed E-state index contributed by atoms with van der Waals surface area (Å²) in [4.78, 5) is 18.9. The fraction of sp³-hybridized carbons (Fsp3) is 0.346. The van der Waals surface area contributed by atoms with Crippen molar-refractivity contribution in [1.29, 1.82) is 0 Å². The van der Waals surface area contributed by atoms with E-state index in [0.717, 1.165) is 23.9 Å². The Morgan fingerprint density at radius 2 is 1.91 bits per heavy atom. The molecule has 2 aliphatic heterocycles. The summed E-state index contributed by atoms with van der Waals surface area (Å²) in [5.41, 5.74) is 1.71. The molecule has 0 radical (unpaired) electrons. The lowest BCUT2D eigenvalue weighted by Crippen LogP contribution is -2.61. The van der Waals surface area contributed by atoms with Gasteiger partial charge in [-0.1, -0.05) is 17.7 Å². The molecule has 2 atom stereocenters. The standard InChI is InChI=1S/C26H25ClF3N3OS/c27-19-4-6-20(7-5-19)32-11-12-33-23-8-3-18(26(28,29)30)14-17(23)15-22(24(33)16-32)25(34)31-10-9-21-2-1-13-35-21/h1-8,13-14,22,24H,9-12,15-16H2,(H,31,34). The van der Waals surface area contributed by atoms with Crippen LogP contribution in [0.5, 0.6) is 0 Å². The summed E-state index contributed by atoms with van der Waals surface area (Å²) in [6.07, 6.45) is -3.41. The predicted octanol–water partition coefficient (Wildman–Crippen LogP) is 5.65. The molecule has 35 heavy (non-hydrogen) atoms. The number of anilines is 2. The summed E-state index contributed by atoms with van der Waals surface area (Å²) in [6.45, 7) is 2.42. The average Bonchev–Trinajstić information content (AvgIpc) is 3.36. The molecular weight excluding hydrogens is 495 g/mol. The van der Waals surface area contributed by atoms with Crippen LogP contribution in [0.2, 0.25) is 5.02 Å². The summed E-state index contributed by atoms with van der Waals surface area (Å²) >= 11 is 7.69. The molecule has 184 valence electrons. The van der Waals surface area contributed by atoms with Crippen molar-refractivity contribution in [1.82, 2.24) is 5.32 Å². The van der Waals surface area contributed by atoms with Crippen LogP contribution in [0.4, 0.5) is 24.5 Å². The van der Waals surface area contributed by atoms with E-state index < -0.39 is 17.7 Å². The SMILES string of the molecule is O=C(NCCc1cccs1)C1Cc2cc(C(F)(F)F)ccc2N2CCN(c3ccc(Cl)cc3)CC12. The van der Waals surface area contributed by atoms with Crippen LogP contribution in [-0.2, 0) is 23.8 Å². The van der Waals surface area contributed by atoms with Gasteiger partial charge in [-0.2, -0.15) is 13.2 Å². The second kappa shape index (κ2) is 9.74. The first-order valence-corrected chi connectivity index (χ1v) is 12.8. The van der Waals surface area contributed by atoms with Crippen LogP contribution < -0.4 is 15.1 Å². The van der Waals surface area contributed by atoms with E-state index >= 15 is 0 Å². The fourth-order valence-corrected chi connectivity index (χ4v) is 5.92. The third-order valence-corrected chi connectivity index (χ3v) is 8.01. The number of nitrogens with one attached hydrogen (secondary N) is 1. The molecule has 0 bridgehead atoms. The van der Waals surface area contributed by atoms with Gasteiger partial charge in [-0.25, -0.2) is 0 Å². The fourth-order valence-electron chi connectivity index (χ4n) is 5.08.